The standard InChI is InChI=1S/C22H29N5/c1-6-7-18(17-8-9-17)19-12-23-27-21(19)24-16(5)25-22(27)26-20-14(3)10-13(2)11-15(20)4/h10-12,17-18H,6-9H2,1-5H3,(H,24,25,26). The Bertz CT molecular complexity index is 961. The van der Waals surface area contributed by atoms with Crippen molar-refractivity contribution in [1.82, 2.24) is 19.6 Å². The van der Waals surface area contributed by atoms with E-state index in [0.29, 0.717) is 5.92 Å². The summed E-state index contributed by atoms with van der Waals surface area (Å²) in [6, 6.07) is 4.39. The van der Waals surface area contributed by atoms with E-state index in [9.17, 15) is 0 Å². The van der Waals surface area contributed by atoms with Crippen molar-refractivity contribution in [1.29, 1.82) is 0 Å². The lowest BCUT2D eigenvalue weighted by atomic mass is 9.92. The molecule has 0 spiro atoms. The summed E-state index contributed by atoms with van der Waals surface area (Å²) in [4.78, 5) is 9.42. The fourth-order valence-electron chi connectivity index (χ4n) is 4.29. The highest BCUT2D eigenvalue weighted by molar-refractivity contribution is 5.65. The van der Waals surface area contributed by atoms with Crippen LogP contribution in [0.4, 0.5) is 11.6 Å². The molecule has 27 heavy (non-hydrogen) atoms. The van der Waals surface area contributed by atoms with E-state index in [1.54, 1.807) is 0 Å². The Kier molecular flexibility index (Phi) is 4.62. The van der Waals surface area contributed by atoms with Crippen LogP contribution in [0.25, 0.3) is 5.65 Å². The number of anilines is 2. The van der Waals surface area contributed by atoms with E-state index in [-0.39, 0.29) is 0 Å². The van der Waals surface area contributed by atoms with Gasteiger partial charge in [-0.3, -0.25) is 0 Å². The van der Waals surface area contributed by atoms with Gasteiger partial charge >= 0.3 is 0 Å². The second-order valence-electron chi connectivity index (χ2n) is 8.06. The monoisotopic (exact) mass is 363 g/mol. The summed E-state index contributed by atoms with van der Waals surface area (Å²) in [7, 11) is 0. The summed E-state index contributed by atoms with van der Waals surface area (Å²) >= 11 is 0. The molecule has 1 atom stereocenters. The maximum Gasteiger partial charge on any atom is 0.232 e. The van der Waals surface area contributed by atoms with Crippen molar-refractivity contribution >= 4 is 17.3 Å². The Morgan fingerprint density at radius 2 is 1.81 bits per heavy atom. The molecule has 0 aliphatic heterocycles. The second-order valence-corrected chi connectivity index (χ2v) is 8.06. The summed E-state index contributed by atoms with van der Waals surface area (Å²) in [5.74, 6) is 2.88. The number of nitrogens with one attached hydrogen (secondary N) is 1. The third-order valence-corrected chi connectivity index (χ3v) is 5.61. The fourth-order valence-corrected chi connectivity index (χ4v) is 4.29. The number of rotatable bonds is 6. The van der Waals surface area contributed by atoms with E-state index in [2.05, 4.69) is 55.2 Å². The number of aryl methyl sites for hydroxylation is 4. The number of hydrogen-bond acceptors (Lipinski definition) is 4. The quantitative estimate of drug-likeness (QED) is 0.637. The Labute approximate surface area is 161 Å². The topological polar surface area (TPSA) is 55.1 Å². The van der Waals surface area contributed by atoms with Gasteiger partial charge in [0.15, 0.2) is 5.65 Å². The third-order valence-electron chi connectivity index (χ3n) is 5.61. The van der Waals surface area contributed by atoms with Gasteiger partial charge in [-0.2, -0.15) is 14.6 Å². The lowest BCUT2D eigenvalue weighted by molar-refractivity contribution is 0.552. The van der Waals surface area contributed by atoms with Gasteiger partial charge in [-0.15, -0.1) is 0 Å². The van der Waals surface area contributed by atoms with Crippen LogP contribution in [-0.4, -0.2) is 19.6 Å². The third kappa shape index (κ3) is 3.43. The molecule has 1 aliphatic rings. The first-order valence-corrected chi connectivity index (χ1v) is 10.0. The number of fused-ring (bicyclic) bond motifs is 1. The molecule has 1 fully saturated rings. The summed E-state index contributed by atoms with van der Waals surface area (Å²) < 4.78 is 1.88. The van der Waals surface area contributed by atoms with Gasteiger partial charge in [0.05, 0.1) is 6.20 Å². The summed E-state index contributed by atoms with van der Waals surface area (Å²) in [5, 5.41) is 8.21. The highest BCUT2D eigenvalue weighted by Crippen LogP contribution is 2.46. The van der Waals surface area contributed by atoms with Crippen molar-refractivity contribution in [2.75, 3.05) is 5.32 Å². The number of benzene rings is 1. The van der Waals surface area contributed by atoms with Crippen molar-refractivity contribution in [3.8, 4) is 0 Å². The summed E-state index contributed by atoms with van der Waals surface area (Å²) in [6.45, 7) is 10.6. The highest BCUT2D eigenvalue weighted by Gasteiger charge is 2.34. The van der Waals surface area contributed by atoms with Crippen LogP contribution in [0, 0.1) is 33.6 Å². The molecule has 142 valence electrons. The lowest BCUT2D eigenvalue weighted by Gasteiger charge is -2.16. The fraction of sp³-hybridized carbons (Fsp3) is 0.500. The molecule has 1 aliphatic carbocycles. The molecule has 4 rings (SSSR count). The molecule has 2 aromatic heterocycles. The maximum atomic E-state index is 4.76. The SMILES string of the molecule is CCCC(c1cnn2c(Nc3c(C)cc(C)cc3C)nc(C)nc12)C1CC1. The minimum atomic E-state index is 0.567. The summed E-state index contributed by atoms with van der Waals surface area (Å²) in [6.07, 6.45) is 7.07. The van der Waals surface area contributed by atoms with Crippen LogP contribution >= 0.6 is 0 Å². The van der Waals surface area contributed by atoms with Gasteiger partial charge in [-0.05, 0) is 69.9 Å². The molecule has 0 bridgehead atoms. The molecule has 1 unspecified atom stereocenters. The number of nitrogens with zero attached hydrogens (tertiary/aromatic N) is 4. The Morgan fingerprint density at radius 1 is 1.11 bits per heavy atom. The van der Waals surface area contributed by atoms with Crippen LogP contribution in [0.3, 0.4) is 0 Å². The Morgan fingerprint density at radius 3 is 2.44 bits per heavy atom. The predicted octanol–water partition coefficient (Wildman–Crippen LogP) is 5.40. The van der Waals surface area contributed by atoms with Crippen LogP contribution in [0.2, 0.25) is 0 Å². The average molecular weight is 364 g/mol. The molecular weight excluding hydrogens is 334 g/mol. The predicted molar refractivity (Wildman–Crippen MR) is 110 cm³/mol. The van der Waals surface area contributed by atoms with Crippen LogP contribution in [0.1, 0.15) is 66.6 Å². The summed E-state index contributed by atoms with van der Waals surface area (Å²) in [5.41, 5.74) is 7.04. The Balaban J connectivity index is 1.78. The molecule has 1 N–H and O–H groups in total. The van der Waals surface area contributed by atoms with Crippen molar-refractivity contribution in [3.05, 3.63) is 46.4 Å². The van der Waals surface area contributed by atoms with Crippen molar-refractivity contribution in [2.45, 2.75) is 66.2 Å². The first kappa shape index (κ1) is 18.0. The molecule has 5 nitrogen and oxygen atoms in total. The largest absolute Gasteiger partial charge is 0.324 e. The highest BCUT2D eigenvalue weighted by atomic mass is 15.3. The van der Waals surface area contributed by atoms with Gasteiger partial charge < -0.3 is 5.32 Å². The van der Waals surface area contributed by atoms with Crippen molar-refractivity contribution < 1.29 is 0 Å². The van der Waals surface area contributed by atoms with E-state index in [1.807, 2.05) is 17.6 Å². The molecule has 2 heterocycles. The van der Waals surface area contributed by atoms with E-state index < -0.39 is 0 Å². The van der Waals surface area contributed by atoms with Crippen LogP contribution < -0.4 is 5.32 Å². The molecule has 3 aromatic rings. The van der Waals surface area contributed by atoms with E-state index >= 15 is 0 Å². The first-order chi connectivity index (χ1) is 13.0. The lowest BCUT2D eigenvalue weighted by Crippen LogP contribution is -2.09. The second kappa shape index (κ2) is 6.95. The van der Waals surface area contributed by atoms with Gasteiger partial charge in [0, 0.05) is 11.3 Å². The zero-order chi connectivity index (χ0) is 19.1. The Hall–Kier alpha value is -2.43. The number of aromatic nitrogens is 4. The first-order valence-electron chi connectivity index (χ1n) is 10.0. The smallest absolute Gasteiger partial charge is 0.232 e. The molecule has 1 aromatic carbocycles. The molecular formula is C22H29N5. The zero-order valence-corrected chi connectivity index (χ0v) is 17.0. The van der Waals surface area contributed by atoms with Crippen molar-refractivity contribution in [2.24, 2.45) is 5.92 Å². The van der Waals surface area contributed by atoms with Gasteiger partial charge in [-0.25, -0.2) is 4.98 Å². The van der Waals surface area contributed by atoms with E-state index in [0.717, 1.165) is 29.0 Å². The molecule has 0 amide bonds. The van der Waals surface area contributed by atoms with Gasteiger partial charge in [0.2, 0.25) is 5.95 Å². The molecule has 5 heteroatoms. The van der Waals surface area contributed by atoms with Crippen LogP contribution in [0.15, 0.2) is 18.3 Å². The molecule has 0 radical (unpaired) electrons. The zero-order valence-electron chi connectivity index (χ0n) is 17.0. The van der Waals surface area contributed by atoms with Gasteiger partial charge in [0.1, 0.15) is 5.82 Å². The van der Waals surface area contributed by atoms with Gasteiger partial charge in [0.25, 0.3) is 0 Å². The van der Waals surface area contributed by atoms with Gasteiger partial charge in [-0.1, -0.05) is 31.0 Å². The number of hydrogen-bond donors (Lipinski definition) is 1. The minimum Gasteiger partial charge on any atom is -0.324 e. The van der Waals surface area contributed by atoms with Crippen LogP contribution in [-0.2, 0) is 0 Å². The van der Waals surface area contributed by atoms with E-state index in [4.69, 9.17) is 4.98 Å². The molecule has 0 saturated heterocycles. The minimum absolute atomic E-state index is 0.567. The maximum absolute atomic E-state index is 4.76. The van der Waals surface area contributed by atoms with Crippen LogP contribution in [0.5, 0.6) is 0 Å². The van der Waals surface area contributed by atoms with Crippen molar-refractivity contribution in [3.63, 3.8) is 0 Å². The average Bonchev–Trinajstić information content (AvgIpc) is 3.36. The van der Waals surface area contributed by atoms with E-state index in [1.165, 1.54) is 47.9 Å². The molecule has 1 saturated carbocycles. The normalized spacial score (nSPS) is 15.3.